The van der Waals surface area contributed by atoms with Crippen LogP contribution in [0.3, 0.4) is 0 Å². The number of cyclic esters (lactones) is 2. The van der Waals surface area contributed by atoms with Crippen molar-refractivity contribution >= 4 is 23.3 Å². The number of para-hydroxylation sites is 2. The van der Waals surface area contributed by atoms with E-state index in [-0.39, 0.29) is 13.5 Å². The Hall–Kier alpha value is -3.06. The first-order valence-electron chi connectivity index (χ1n) is 7.98. The van der Waals surface area contributed by atoms with Crippen LogP contribution >= 0.6 is 0 Å². The van der Waals surface area contributed by atoms with Crippen molar-refractivity contribution in [2.24, 2.45) is 0 Å². The zero-order chi connectivity index (χ0) is 16.8. The van der Waals surface area contributed by atoms with Gasteiger partial charge in [0, 0.05) is 11.1 Å². The van der Waals surface area contributed by atoms with Gasteiger partial charge in [0.2, 0.25) is 0 Å². The Kier molecular flexibility index (Phi) is 2.09. The van der Waals surface area contributed by atoms with Crippen molar-refractivity contribution in [2.75, 3.05) is 23.3 Å². The average molecular weight is 336 g/mol. The van der Waals surface area contributed by atoms with E-state index < -0.39 is 23.4 Å². The van der Waals surface area contributed by atoms with Crippen LogP contribution in [-0.4, -0.2) is 25.4 Å². The zero-order valence-corrected chi connectivity index (χ0v) is 13.0. The van der Waals surface area contributed by atoms with Crippen molar-refractivity contribution < 1.29 is 23.8 Å². The number of esters is 2. The van der Waals surface area contributed by atoms with Gasteiger partial charge in [-0.3, -0.25) is 14.5 Å². The number of carbonyl (C=O) groups excluding carboxylic acids is 2. The second kappa shape index (κ2) is 3.94. The minimum atomic E-state index is -1.48. The second-order valence-electron chi connectivity index (χ2n) is 6.40. The maximum absolute atomic E-state index is 12.8. The molecular weight excluding hydrogens is 324 g/mol. The van der Waals surface area contributed by atoms with E-state index in [9.17, 15) is 9.59 Å². The van der Waals surface area contributed by atoms with E-state index >= 15 is 0 Å². The predicted octanol–water partition coefficient (Wildman–Crippen LogP) is 1.38. The van der Waals surface area contributed by atoms with Crippen LogP contribution in [-0.2, 0) is 35.2 Å². The first-order chi connectivity index (χ1) is 12.2. The lowest BCUT2D eigenvalue weighted by molar-refractivity contribution is -0.200. The Labute approximate surface area is 142 Å². The van der Waals surface area contributed by atoms with Gasteiger partial charge in [-0.15, -0.1) is 0 Å². The topological polar surface area (TPSA) is 68.3 Å². The van der Waals surface area contributed by atoms with Crippen LogP contribution in [0.15, 0.2) is 48.5 Å². The molecule has 2 fully saturated rings. The average Bonchev–Trinajstić information content (AvgIpc) is 3.15. The number of hydrogen-bond donors (Lipinski definition) is 0. The van der Waals surface area contributed by atoms with Crippen LogP contribution in [0.4, 0.5) is 11.4 Å². The van der Waals surface area contributed by atoms with Crippen molar-refractivity contribution in [3.63, 3.8) is 0 Å². The van der Waals surface area contributed by atoms with Crippen LogP contribution in [0.2, 0.25) is 0 Å². The number of nitrogens with zero attached hydrogens (tertiary/aromatic N) is 2. The van der Waals surface area contributed by atoms with E-state index in [1.807, 2.05) is 48.5 Å². The summed E-state index contributed by atoms with van der Waals surface area (Å²) in [7, 11) is 0. The summed E-state index contributed by atoms with van der Waals surface area (Å²) in [5, 5.41) is 0. The Morgan fingerprint density at radius 1 is 0.720 bits per heavy atom. The third-order valence-corrected chi connectivity index (χ3v) is 5.38. The number of anilines is 2. The van der Waals surface area contributed by atoms with Crippen molar-refractivity contribution in [3.8, 4) is 0 Å². The number of carbonyl (C=O) groups is 2. The number of benzene rings is 2. The van der Waals surface area contributed by atoms with Crippen LogP contribution in [0, 0.1) is 0 Å². The highest BCUT2D eigenvalue weighted by molar-refractivity contribution is 5.99. The highest BCUT2D eigenvalue weighted by Crippen LogP contribution is 2.60. The maximum atomic E-state index is 12.8. The van der Waals surface area contributed by atoms with Crippen LogP contribution < -0.4 is 9.80 Å². The van der Waals surface area contributed by atoms with Gasteiger partial charge >= 0.3 is 11.9 Å². The Morgan fingerprint density at radius 2 is 1.16 bits per heavy atom. The maximum Gasteiger partial charge on any atom is 0.367 e. The first kappa shape index (κ1) is 13.3. The summed E-state index contributed by atoms with van der Waals surface area (Å²) in [5.74, 6) is -1.04. The molecule has 0 radical (unpaired) electrons. The van der Waals surface area contributed by atoms with Gasteiger partial charge in [-0.1, -0.05) is 36.4 Å². The molecule has 4 heterocycles. The molecule has 2 saturated heterocycles. The number of ether oxygens (including phenoxy) is 3. The molecule has 2 atom stereocenters. The lowest BCUT2D eigenvalue weighted by Crippen LogP contribution is -2.66. The molecule has 2 bridgehead atoms. The molecule has 25 heavy (non-hydrogen) atoms. The van der Waals surface area contributed by atoms with Crippen molar-refractivity contribution in [2.45, 2.75) is 11.4 Å². The summed E-state index contributed by atoms with van der Waals surface area (Å²) < 4.78 is 17.0. The lowest BCUT2D eigenvalue weighted by atomic mass is 9.86. The van der Waals surface area contributed by atoms with Gasteiger partial charge in [-0.05, 0) is 12.1 Å². The molecule has 124 valence electrons. The fourth-order valence-corrected chi connectivity index (χ4v) is 4.34. The minimum absolute atomic E-state index is 0.0648. The van der Waals surface area contributed by atoms with E-state index in [2.05, 4.69) is 0 Å². The number of hydrogen-bond acceptors (Lipinski definition) is 7. The molecule has 0 aromatic heterocycles. The van der Waals surface area contributed by atoms with Gasteiger partial charge in [0.15, 0.2) is 13.5 Å². The van der Waals surface area contributed by atoms with Gasteiger partial charge in [0.1, 0.15) is 0 Å². The predicted molar refractivity (Wildman–Crippen MR) is 84.2 cm³/mol. The third-order valence-electron chi connectivity index (χ3n) is 5.38. The first-order valence-corrected chi connectivity index (χ1v) is 7.98. The minimum Gasteiger partial charge on any atom is -0.440 e. The van der Waals surface area contributed by atoms with Crippen molar-refractivity contribution in [3.05, 3.63) is 59.7 Å². The zero-order valence-electron chi connectivity index (χ0n) is 13.0. The highest BCUT2D eigenvalue weighted by Gasteiger charge is 2.72. The normalized spacial score (nSPS) is 30.9. The molecule has 6 rings (SSSR count). The standard InChI is InChI=1S/C18H12N2O5/c21-15-17-11-5-1-3-7-13(11)19-9-24-16(22)18(19,25-17)12-6-2-4-8-14(12)20(17)10-23-15/h1-8H,9-10H2/t17-,18-/m1/s1. The number of fused-ring (bicyclic) bond motifs is 4. The Morgan fingerprint density at radius 3 is 1.64 bits per heavy atom. The highest BCUT2D eigenvalue weighted by atomic mass is 16.7. The molecule has 0 unspecified atom stereocenters. The second-order valence-corrected chi connectivity index (χ2v) is 6.40. The Bertz CT molecular complexity index is 898. The summed E-state index contributed by atoms with van der Waals surface area (Å²) in [4.78, 5) is 29.2. The molecule has 2 spiro atoms. The van der Waals surface area contributed by atoms with E-state index in [1.54, 1.807) is 9.80 Å². The molecule has 4 aliphatic rings. The summed E-state index contributed by atoms with van der Waals surface area (Å²) in [6, 6.07) is 14.8. The molecule has 0 saturated carbocycles. The smallest absolute Gasteiger partial charge is 0.367 e. The van der Waals surface area contributed by atoms with Gasteiger partial charge in [-0.25, -0.2) is 9.59 Å². The van der Waals surface area contributed by atoms with Crippen molar-refractivity contribution in [1.29, 1.82) is 0 Å². The SMILES string of the molecule is O=C1OCN2c3ccccc3[C@]34O[C@]12c1ccccc1N3COC4=O. The molecular formula is C18H12N2O5. The summed E-state index contributed by atoms with van der Waals surface area (Å²) >= 11 is 0. The molecule has 2 aromatic carbocycles. The van der Waals surface area contributed by atoms with Crippen molar-refractivity contribution in [1.82, 2.24) is 0 Å². The summed E-state index contributed by atoms with van der Waals surface area (Å²) in [5.41, 5.74) is -0.187. The summed E-state index contributed by atoms with van der Waals surface area (Å²) in [6.07, 6.45) is 0. The molecule has 2 aromatic rings. The van der Waals surface area contributed by atoms with E-state index in [4.69, 9.17) is 14.2 Å². The third kappa shape index (κ3) is 1.21. The van der Waals surface area contributed by atoms with Gasteiger partial charge in [0.25, 0.3) is 11.4 Å². The fourth-order valence-electron chi connectivity index (χ4n) is 4.34. The molecule has 0 amide bonds. The summed E-state index contributed by atoms with van der Waals surface area (Å²) in [6.45, 7) is 0.130. The van der Waals surface area contributed by atoms with Gasteiger partial charge in [-0.2, -0.15) is 0 Å². The van der Waals surface area contributed by atoms with E-state index in [0.29, 0.717) is 11.1 Å². The van der Waals surface area contributed by atoms with Gasteiger partial charge < -0.3 is 9.47 Å². The molecule has 4 aliphatic heterocycles. The molecule has 7 nitrogen and oxygen atoms in total. The Balaban J connectivity index is 1.80. The van der Waals surface area contributed by atoms with Crippen LogP contribution in [0.1, 0.15) is 11.1 Å². The largest absolute Gasteiger partial charge is 0.440 e. The van der Waals surface area contributed by atoms with Gasteiger partial charge in [0.05, 0.1) is 11.4 Å². The molecule has 0 N–H and O–H groups in total. The van der Waals surface area contributed by atoms with Crippen LogP contribution in [0.25, 0.3) is 0 Å². The quantitative estimate of drug-likeness (QED) is 0.673. The fraction of sp³-hybridized carbons (Fsp3) is 0.222. The molecule has 0 aliphatic carbocycles. The van der Waals surface area contributed by atoms with E-state index in [0.717, 1.165) is 11.4 Å². The van der Waals surface area contributed by atoms with E-state index in [1.165, 1.54) is 0 Å². The monoisotopic (exact) mass is 336 g/mol. The lowest BCUT2D eigenvalue weighted by Gasteiger charge is -2.53. The number of rotatable bonds is 0. The van der Waals surface area contributed by atoms with Crippen LogP contribution in [0.5, 0.6) is 0 Å². The molecule has 7 heteroatoms.